The fourth-order valence-corrected chi connectivity index (χ4v) is 8.64. The van der Waals surface area contributed by atoms with Gasteiger partial charge in [0.25, 0.3) is 0 Å². The summed E-state index contributed by atoms with van der Waals surface area (Å²) in [5.41, 5.74) is 15.1. The van der Waals surface area contributed by atoms with Crippen molar-refractivity contribution >= 4 is 21.5 Å². The van der Waals surface area contributed by atoms with Crippen LogP contribution in [-0.4, -0.2) is 9.97 Å². The molecule has 0 saturated carbocycles. The summed E-state index contributed by atoms with van der Waals surface area (Å²) < 4.78 is 0. The van der Waals surface area contributed by atoms with Gasteiger partial charge in [0.1, 0.15) is 0 Å². The molecule has 10 rings (SSSR count). The molecule has 0 radical (unpaired) electrons. The molecule has 53 heavy (non-hydrogen) atoms. The largest absolute Gasteiger partial charge is 0.228 e. The summed E-state index contributed by atoms with van der Waals surface area (Å²) >= 11 is 0. The van der Waals surface area contributed by atoms with Crippen LogP contribution in [0.5, 0.6) is 0 Å². The van der Waals surface area contributed by atoms with Gasteiger partial charge in [-0.25, -0.2) is 9.97 Å². The summed E-state index contributed by atoms with van der Waals surface area (Å²) in [4.78, 5) is 10.4. The summed E-state index contributed by atoms with van der Waals surface area (Å²) in [6.07, 6.45) is 0. The molecule has 0 amide bonds. The smallest absolute Gasteiger partial charge is 0.160 e. The van der Waals surface area contributed by atoms with Gasteiger partial charge in [-0.3, -0.25) is 0 Å². The van der Waals surface area contributed by atoms with Crippen LogP contribution in [0, 0.1) is 0 Å². The van der Waals surface area contributed by atoms with Gasteiger partial charge in [0.15, 0.2) is 5.82 Å². The first kappa shape index (κ1) is 31.1. The van der Waals surface area contributed by atoms with Gasteiger partial charge in [-0.2, -0.15) is 0 Å². The van der Waals surface area contributed by atoms with Crippen LogP contribution >= 0.6 is 0 Å². The van der Waals surface area contributed by atoms with E-state index in [4.69, 9.17) is 9.97 Å². The van der Waals surface area contributed by atoms with Crippen molar-refractivity contribution in [3.05, 3.63) is 193 Å². The summed E-state index contributed by atoms with van der Waals surface area (Å²) in [6, 6.07) is 65.2. The molecule has 9 aromatic rings. The molecule has 8 aromatic carbocycles. The molecule has 0 atom stereocenters. The first-order valence-corrected chi connectivity index (χ1v) is 18.3. The van der Waals surface area contributed by atoms with Gasteiger partial charge in [0.05, 0.1) is 11.4 Å². The van der Waals surface area contributed by atoms with E-state index in [2.05, 4.69) is 178 Å². The number of aromatic nitrogens is 2. The third-order valence-electron chi connectivity index (χ3n) is 11.1. The van der Waals surface area contributed by atoms with E-state index < -0.39 is 0 Å². The predicted molar refractivity (Wildman–Crippen MR) is 222 cm³/mol. The molecule has 0 bridgehead atoms. The van der Waals surface area contributed by atoms with Crippen molar-refractivity contribution < 1.29 is 0 Å². The number of benzene rings is 8. The Morgan fingerprint density at radius 1 is 0.340 bits per heavy atom. The molecule has 0 unspecified atom stereocenters. The molecule has 0 fully saturated rings. The molecule has 250 valence electrons. The maximum Gasteiger partial charge on any atom is 0.160 e. The Bertz CT molecular complexity index is 2830. The summed E-state index contributed by atoms with van der Waals surface area (Å²) in [5.74, 6) is 0.714. The lowest BCUT2D eigenvalue weighted by atomic mass is 9.77. The van der Waals surface area contributed by atoms with Crippen molar-refractivity contribution in [1.29, 1.82) is 0 Å². The maximum absolute atomic E-state index is 5.24. The van der Waals surface area contributed by atoms with Gasteiger partial charge in [-0.15, -0.1) is 0 Å². The monoisotopic (exact) mass is 676 g/mol. The Morgan fingerprint density at radius 2 is 0.849 bits per heavy atom. The van der Waals surface area contributed by atoms with Crippen LogP contribution in [0.4, 0.5) is 0 Å². The minimum Gasteiger partial charge on any atom is -0.228 e. The van der Waals surface area contributed by atoms with Crippen LogP contribution < -0.4 is 0 Å². The van der Waals surface area contributed by atoms with Gasteiger partial charge < -0.3 is 0 Å². The van der Waals surface area contributed by atoms with Crippen molar-refractivity contribution in [3.63, 3.8) is 0 Å². The number of hydrogen-bond acceptors (Lipinski definition) is 2. The second kappa shape index (κ2) is 12.3. The molecule has 2 heteroatoms. The van der Waals surface area contributed by atoms with E-state index in [-0.39, 0.29) is 5.41 Å². The number of hydrogen-bond donors (Lipinski definition) is 0. The zero-order valence-electron chi connectivity index (χ0n) is 29.7. The SMILES string of the molecule is CC1(C)c2c(cccc2-c2ccc(-c3cc(-c4ccc(-c5ccccc5)cc4)nc(-c4ccccc4)n3)c3ccccc23)-c2ccc3ccccc3c21. The molecule has 2 nitrogen and oxygen atoms in total. The molecular formula is C51H36N2. The Labute approximate surface area is 310 Å². The lowest BCUT2D eigenvalue weighted by Crippen LogP contribution is -2.17. The topological polar surface area (TPSA) is 25.8 Å². The zero-order chi connectivity index (χ0) is 35.5. The number of fused-ring (bicyclic) bond motifs is 6. The van der Waals surface area contributed by atoms with E-state index in [1.54, 1.807) is 0 Å². The van der Waals surface area contributed by atoms with Gasteiger partial charge in [0, 0.05) is 22.1 Å². The zero-order valence-corrected chi connectivity index (χ0v) is 29.7. The van der Waals surface area contributed by atoms with E-state index in [0.29, 0.717) is 5.82 Å². The van der Waals surface area contributed by atoms with Crippen LogP contribution in [0.25, 0.3) is 88.8 Å². The molecular weight excluding hydrogens is 641 g/mol. The Hall–Kier alpha value is -6.64. The average Bonchev–Trinajstić information content (AvgIpc) is 3.47. The van der Waals surface area contributed by atoms with Gasteiger partial charge >= 0.3 is 0 Å². The normalized spacial score (nSPS) is 12.9. The average molecular weight is 677 g/mol. The third-order valence-corrected chi connectivity index (χ3v) is 11.1. The van der Waals surface area contributed by atoms with Crippen LogP contribution in [0.15, 0.2) is 182 Å². The first-order chi connectivity index (χ1) is 26.0. The van der Waals surface area contributed by atoms with Gasteiger partial charge in [0.2, 0.25) is 0 Å². The van der Waals surface area contributed by atoms with E-state index in [1.807, 2.05) is 18.2 Å². The standard InChI is InChI=1S/C51H36N2/c1-51(2)48-38-19-10-9-16-35(38)28-29-45(48)44-23-13-22-43(49(44)51)41-30-31-42(40-21-12-11-20-39(40)41)47-32-46(52-50(53-47)37-17-7-4-8-18-37)36-26-24-34(25-27-36)33-14-5-3-6-15-33/h3-32H,1-2H3. The van der Waals surface area contributed by atoms with Crippen molar-refractivity contribution in [2.75, 3.05) is 0 Å². The van der Waals surface area contributed by atoms with Crippen LogP contribution in [0.2, 0.25) is 0 Å². The van der Waals surface area contributed by atoms with Crippen molar-refractivity contribution in [2.45, 2.75) is 19.3 Å². The molecule has 1 aliphatic rings. The fraction of sp³-hybridized carbons (Fsp3) is 0.0588. The molecule has 0 aliphatic heterocycles. The highest BCUT2D eigenvalue weighted by Gasteiger charge is 2.39. The molecule has 0 saturated heterocycles. The maximum atomic E-state index is 5.24. The molecule has 1 heterocycles. The quantitative estimate of drug-likeness (QED) is 0.181. The van der Waals surface area contributed by atoms with E-state index in [0.717, 1.165) is 28.1 Å². The van der Waals surface area contributed by atoms with Crippen molar-refractivity contribution in [1.82, 2.24) is 9.97 Å². The Morgan fingerprint density at radius 3 is 1.58 bits per heavy atom. The van der Waals surface area contributed by atoms with Crippen molar-refractivity contribution in [3.8, 4) is 67.3 Å². The molecule has 1 aromatic heterocycles. The van der Waals surface area contributed by atoms with E-state index in [9.17, 15) is 0 Å². The van der Waals surface area contributed by atoms with Crippen LogP contribution in [-0.2, 0) is 5.41 Å². The molecule has 1 aliphatic carbocycles. The lowest BCUT2D eigenvalue weighted by Gasteiger charge is -2.26. The highest BCUT2D eigenvalue weighted by atomic mass is 14.9. The molecule has 0 N–H and O–H groups in total. The third kappa shape index (κ3) is 5.10. The number of nitrogens with zero attached hydrogens (tertiary/aromatic N) is 2. The highest BCUT2D eigenvalue weighted by Crippen LogP contribution is 2.55. The van der Waals surface area contributed by atoms with Crippen LogP contribution in [0.1, 0.15) is 25.0 Å². The Balaban J connectivity index is 1.14. The van der Waals surface area contributed by atoms with Gasteiger partial charge in [-0.05, 0) is 72.1 Å². The van der Waals surface area contributed by atoms with E-state index >= 15 is 0 Å². The molecule has 0 spiro atoms. The van der Waals surface area contributed by atoms with Crippen LogP contribution in [0.3, 0.4) is 0 Å². The predicted octanol–water partition coefficient (Wildman–Crippen LogP) is 13.4. The van der Waals surface area contributed by atoms with Crippen molar-refractivity contribution in [2.24, 2.45) is 0 Å². The number of rotatable bonds is 5. The lowest BCUT2D eigenvalue weighted by molar-refractivity contribution is 0.668. The second-order valence-corrected chi connectivity index (χ2v) is 14.5. The second-order valence-electron chi connectivity index (χ2n) is 14.5. The Kier molecular flexibility index (Phi) is 7.19. The van der Waals surface area contributed by atoms with E-state index in [1.165, 1.54) is 66.1 Å². The minimum atomic E-state index is -0.176. The summed E-state index contributed by atoms with van der Waals surface area (Å²) in [7, 11) is 0. The minimum absolute atomic E-state index is 0.176. The summed E-state index contributed by atoms with van der Waals surface area (Å²) in [6.45, 7) is 4.79. The van der Waals surface area contributed by atoms with Gasteiger partial charge in [-0.1, -0.05) is 190 Å². The summed E-state index contributed by atoms with van der Waals surface area (Å²) in [5, 5.41) is 5.00. The highest BCUT2D eigenvalue weighted by molar-refractivity contribution is 6.07. The fourth-order valence-electron chi connectivity index (χ4n) is 8.64. The first-order valence-electron chi connectivity index (χ1n) is 18.3.